The fraction of sp³-hybridized carbons (Fsp3) is 1.00. The monoisotopic (exact) mass is 171 g/mol. The quantitative estimate of drug-likeness (QED) is 0.593. The van der Waals surface area contributed by atoms with Gasteiger partial charge in [-0.15, -0.1) is 0 Å². The highest BCUT2D eigenvalue weighted by Crippen LogP contribution is 2.28. The summed E-state index contributed by atoms with van der Waals surface area (Å²) in [5.74, 6) is 1.36. The number of rotatable bonds is 1. The van der Waals surface area contributed by atoms with E-state index < -0.39 is 0 Å². The summed E-state index contributed by atoms with van der Waals surface area (Å²) in [6.45, 7) is 5.05. The second-order valence-electron chi connectivity index (χ2n) is 3.76. The summed E-state index contributed by atoms with van der Waals surface area (Å²) < 4.78 is 0. The van der Waals surface area contributed by atoms with Gasteiger partial charge in [-0.3, -0.25) is 4.90 Å². The van der Waals surface area contributed by atoms with E-state index in [9.17, 15) is 0 Å². The summed E-state index contributed by atoms with van der Waals surface area (Å²) >= 11 is 2.13. The second-order valence-corrected chi connectivity index (χ2v) is 5.31. The van der Waals surface area contributed by atoms with Gasteiger partial charge in [0.05, 0.1) is 0 Å². The van der Waals surface area contributed by atoms with Crippen LogP contribution >= 0.6 is 11.8 Å². The predicted molar refractivity (Wildman–Crippen MR) is 51.1 cm³/mol. The molecule has 64 valence electrons. The van der Waals surface area contributed by atoms with Crippen molar-refractivity contribution in [1.82, 2.24) is 4.90 Å². The van der Waals surface area contributed by atoms with E-state index in [1.807, 2.05) is 0 Å². The van der Waals surface area contributed by atoms with E-state index in [2.05, 4.69) is 23.6 Å². The first kappa shape index (κ1) is 7.93. The second kappa shape index (κ2) is 3.36. The molecule has 0 bridgehead atoms. The molecule has 1 unspecified atom stereocenters. The molecule has 2 heteroatoms. The fourth-order valence-electron chi connectivity index (χ4n) is 1.93. The third-order valence-electron chi connectivity index (χ3n) is 2.86. The Hall–Kier alpha value is 0.310. The molecule has 0 radical (unpaired) electrons. The Morgan fingerprint density at radius 1 is 1.36 bits per heavy atom. The average Bonchev–Trinajstić information content (AvgIpc) is 1.83. The lowest BCUT2D eigenvalue weighted by Gasteiger charge is -2.41. The predicted octanol–water partition coefficient (Wildman–Crippen LogP) is 1.98. The highest BCUT2D eigenvalue weighted by molar-refractivity contribution is 7.99. The minimum atomic E-state index is 0.879. The fourth-order valence-corrected chi connectivity index (χ4v) is 2.97. The smallest absolute Gasteiger partial charge is 0.0147 e. The molecule has 0 spiro atoms. The maximum absolute atomic E-state index is 2.70. The largest absolute Gasteiger partial charge is 0.298 e. The maximum Gasteiger partial charge on any atom is 0.0147 e. The Labute approximate surface area is 73.5 Å². The zero-order valence-electron chi connectivity index (χ0n) is 7.25. The van der Waals surface area contributed by atoms with Crippen LogP contribution in [-0.2, 0) is 0 Å². The van der Waals surface area contributed by atoms with Crippen LogP contribution in [0, 0.1) is 0 Å². The van der Waals surface area contributed by atoms with Gasteiger partial charge in [-0.1, -0.05) is 13.3 Å². The van der Waals surface area contributed by atoms with Crippen LogP contribution in [0.2, 0.25) is 0 Å². The van der Waals surface area contributed by atoms with Gasteiger partial charge in [0.2, 0.25) is 0 Å². The average molecular weight is 171 g/mol. The number of hydrogen-bond donors (Lipinski definition) is 0. The van der Waals surface area contributed by atoms with E-state index in [-0.39, 0.29) is 0 Å². The van der Waals surface area contributed by atoms with Crippen LogP contribution in [0.3, 0.4) is 0 Å². The third kappa shape index (κ3) is 1.73. The zero-order chi connectivity index (χ0) is 7.68. The van der Waals surface area contributed by atoms with Crippen molar-refractivity contribution in [3.8, 4) is 0 Å². The number of thioether (sulfide) groups is 1. The molecule has 0 aromatic carbocycles. The topological polar surface area (TPSA) is 3.24 Å². The van der Waals surface area contributed by atoms with Crippen LogP contribution in [0.4, 0.5) is 0 Å². The lowest BCUT2D eigenvalue weighted by molar-refractivity contribution is 0.133. The highest BCUT2D eigenvalue weighted by atomic mass is 32.2. The molecule has 0 amide bonds. The molecule has 1 heterocycles. The standard InChI is InChI=1S/C9H17NS/c1-8-7-10(5-6-11-8)9-3-2-4-9/h8-9H,2-7H2,1H3. The van der Waals surface area contributed by atoms with Crippen molar-refractivity contribution >= 4 is 11.8 Å². The Morgan fingerprint density at radius 3 is 2.73 bits per heavy atom. The van der Waals surface area contributed by atoms with Crippen LogP contribution in [0.5, 0.6) is 0 Å². The van der Waals surface area contributed by atoms with Crippen molar-refractivity contribution in [2.45, 2.75) is 37.5 Å². The molecule has 0 aromatic heterocycles. The van der Waals surface area contributed by atoms with Gasteiger partial charge in [-0.05, 0) is 12.8 Å². The van der Waals surface area contributed by atoms with Crippen LogP contribution < -0.4 is 0 Å². The lowest BCUT2D eigenvalue weighted by Crippen LogP contribution is -2.46. The van der Waals surface area contributed by atoms with Crippen LogP contribution in [0.25, 0.3) is 0 Å². The van der Waals surface area contributed by atoms with Crippen molar-refractivity contribution < 1.29 is 0 Å². The van der Waals surface area contributed by atoms with Gasteiger partial charge in [0.25, 0.3) is 0 Å². The zero-order valence-corrected chi connectivity index (χ0v) is 8.07. The van der Waals surface area contributed by atoms with Gasteiger partial charge in [0.1, 0.15) is 0 Å². The normalized spacial score (nSPS) is 35.2. The highest BCUT2D eigenvalue weighted by Gasteiger charge is 2.27. The molecule has 1 nitrogen and oxygen atoms in total. The number of hydrogen-bond acceptors (Lipinski definition) is 2. The molecule has 2 fully saturated rings. The van der Waals surface area contributed by atoms with Gasteiger partial charge in [0.15, 0.2) is 0 Å². The molecule has 1 aliphatic carbocycles. The SMILES string of the molecule is CC1CN(C2CCC2)CCS1. The molecule has 11 heavy (non-hydrogen) atoms. The van der Waals surface area contributed by atoms with Gasteiger partial charge in [-0.25, -0.2) is 0 Å². The molecule has 1 atom stereocenters. The minimum Gasteiger partial charge on any atom is -0.298 e. The Morgan fingerprint density at radius 2 is 2.18 bits per heavy atom. The van der Waals surface area contributed by atoms with Crippen LogP contribution in [0.15, 0.2) is 0 Å². The summed E-state index contributed by atoms with van der Waals surface area (Å²) in [4.78, 5) is 2.70. The van der Waals surface area contributed by atoms with Crippen molar-refractivity contribution in [3.05, 3.63) is 0 Å². The van der Waals surface area contributed by atoms with E-state index >= 15 is 0 Å². The molecule has 2 aliphatic rings. The van der Waals surface area contributed by atoms with Crippen molar-refractivity contribution in [2.75, 3.05) is 18.8 Å². The van der Waals surface area contributed by atoms with Gasteiger partial charge >= 0.3 is 0 Å². The first-order chi connectivity index (χ1) is 5.36. The van der Waals surface area contributed by atoms with Crippen LogP contribution in [-0.4, -0.2) is 35.0 Å². The van der Waals surface area contributed by atoms with Gasteiger partial charge < -0.3 is 0 Å². The Bertz CT molecular complexity index is 134. The summed E-state index contributed by atoms with van der Waals surface area (Å²) in [5.41, 5.74) is 0. The Balaban J connectivity index is 1.82. The Kier molecular flexibility index (Phi) is 2.42. The van der Waals surface area contributed by atoms with Gasteiger partial charge in [-0.2, -0.15) is 11.8 Å². The minimum absolute atomic E-state index is 0.879. The molecular formula is C9H17NS. The summed E-state index contributed by atoms with van der Waals surface area (Å²) in [5, 5.41) is 0.879. The van der Waals surface area contributed by atoms with Crippen molar-refractivity contribution in [3.63, 3.8) is 0 Å². The van der Waals surface area contributed by atoms with Crippen molar-refractivity contribution in [2.24, 2.45) is 0 Å². The van der Waals surface area contributed by atoms with Crippen LogP contribution in [0.1, 0.15) is 26.2 Å². The van der Waals surface area contributed by atoms with E-state index in [1.165, 1.54) is 38.1 Å². The molecular weight excluding hydrogens is 154 g/mol. The molecule has 2 rings (SSSR count). The van der Waals surface area contributed by atoms with Crippen molar-refractivity contribution in [1.29, 1.82) is 0 Å². The molecule has 1 saturated carbocycles. The molecule has 0 aromatic rings. The lowest BCUT2D eigenvalue weighted by atomic mass is 9.91. The maximum atomic E-state index is 2.70. The molecule has 1 saturated heterocycles. The van der Waals surface area contributed by atoms with E-state index in [1.54, 1.807) is 0 Å². The van der Waals surface area contributed by atoms with E-state index in [0.29, 0.717) is 0 Å². The van der Waals surface area contributed by atoms with E-state index in [0.717, 1.165) is 11.3 Å². The molecule has 1 aliphatic heterocycles. The first-order valence-electron chi connectivity index (χ1n) is 4.72. The summed E-state index contributed by atoms with van der Waals surface area (Å²) in [6.07, 6.45) is 4.41. The molecule has 0 N–H and O–H groups in total. The third-order valence-corrected chi connectivity index (χ3v) is 4.00. The summed E-state index contributed by atoms with van der Waals surface area (Å²) in [7, 11) is 0. The van der Waals surface area contributed by atoms with Gasteiger partial charge in [0, 0.05) is 30.1 Å². The van der Waals surface area contributed by atoms with E-state index in [4.69, 9.17) is 0 Å². The number of nitrogens with zero attached hydrogens (tertiary/aromatic N) is 1. The first-order valence-corrected chi connectivity index (χ1v) is 5.77. The summed E-state index contributed by atoms with van der Waals surface area (Å²) in [6, 6.07) is 0.971.